The van der Waals surface area contributed by atoms with Crippen LogP contribution in [0.15, 0.2) is 59.9 Å². The van der Waals surface area contributed by atoms with E-state index in [2.05, 4.69) is 15.2 Å². The Kier molecular flexibility index (Phi) is 5.12. The Morgan fingerprint density at radius 2 is 1.82 bits per heavy atom. The largest absolute Gasteiger partial charge is 0.496 e. The first-order chi connectivity index (χ1) is 16.0. The summed E-state index contributed by atoms with van der Waals surface area (Å²) in [6, 6.07) is 10.2. The molecule has 0 aliphatic rings. The van der Waals surface area contributed by atoms with Crippen LogP contribution in [0.3, 0.4) is 0 Å². The number of halogens is 1. The number of hydrogen-bond acceptors (Lipinski definition) is 5. The zero-order valence-corrected chi connectivity index (χ0v) is 18.5. The van der Waals surface area contributed by atoms with Gasteiger partial charge < -0.3 is 13.9 Å². The molecule has 0 aliphatic carbocycles. The topological polar surface area (TPSA) is 74.8 Å². The van der Waals surface area contributed by atoms with Crippen molar-refractivity contribution in [1.29, 1.82) is 0 Å². The predicted molar refractivity (Wildman–Crippen MR) is 126 cm³/mol. The number of fused-ring (bicyclic) bond motifs is 2. The minimum Gasteiger partial charge on any atom is -0.496 e. The van der Waals surface area contributed by atoms with Crippen molar-refractivity contribution < 1.29 is 9.13 Å². The number of pyridine rings is 1. The summed E-state index contributed by atoms with van der Waals surface area (Å²) in [5.41, 5.74) is 3.73. The number of benzene rings is 2. The van der Waals surface area contributed by atoms with E-state index in [4.69, 9.17) is 4.74 Å². The second-order valence-corrected chi connectivity index (χ2v) is 7.70. The molecular formula is C25H22FN5O2. The molecule has 0 saturated carbocycles. The molecule has 2 aromatic carbocycles. The molecule has 8 heteroatoms. The Labute approximate surface area is 189 Å². The van der Waals surface area contributed by atoms with Gasteiger partial charge >= 0.3 is 0 Å². The Morgan fingerprint density at radius 3 is 2.58 bits per heavy atom. The molecule has 5 rings (SSSR count). The van der Waals surface area contributed by atoms with Gasteiger partial charge in [0.1, 0.15) is 17.1 Å². The van der Waals surface area contributed by atoms with E-state index in [-0.39, 0.29) is 5.56 Å². The number of hydrogen-bond donors (Lipinski definition) is 0. The molecule has 7 nitrogen and oxygen atoms in total. The summed E-state index contributed by atoms with van der Waals surface area (Å²) in [5, 5.41) is 9.59. The minimum atomic E-state index is -0.393. The highest BCUT2D eigenvalue weighted by molar-refractivity contribution is 5.93. The second kappa shape index (κ2) is 8.12. The highest BCUT2D eigenvalue weighted by atomic mass is 19.1. The number of methoxy groups -OCH3 is 1. The molecule has 3 aromatic heterocycles. The monoisotopic (exact) mass is 443 g/mol. The van der Waals surface area contributed by atoms with Gasteiger partial charge in [-0.25, -0.2) is 9.37 Å². The first kappa shape index (κ1) is 20.8. The zero-order chi connectivity index (χ0) is 23.1. The van der Waals surface area contributed by atoms with Crippen LogP contribution in [-0.2, 0) is 13.1 Å². The van der Waals surface area contributed by atoms with E-state index in [1.165, 1.54) is 13.2 Å². The lowest BCUT2D eigenvalue weighted by Crippen LogP contribution is -2.18. The number of nitrogens with zero attached hydrogens (tertiary/aromatic N) is 5. The third kappa shape index (κ3) is 3.34. The third-order valence-corrected chi connectivity index (χ3v) is 5.95. The van der Waals surface area contributed by atoms with Gasteiger partial charge in [-0.3, -0.25) is 4.79 Å². The normalized spacial score (nSPS) is 11.4. The minimum absolute atomic E-state index is 0.106. The van der Waals surface area contributed by atoms with Gasteiger partial charge in [-0.15, -0.1) is 5.10 Å². The Balaban J connectivity index is 1.72. The molecule has 0 N–H and O–H groups in total. The van der Waals surface area contributed by atoms with Crippen molar-refractivity contribution in [2.75, 3.05) is 7.11 Å². The molecule has 0 radical (unpaired) electrons. The molecule has 0 aliphatic heterocycles. The van der Waals surface area contributed by atoms with Gasteiger partial charge in [0.2, 0.25) is 0 Å². The number of imidazole rings is 1. The van der Waals surface area contributed by atoms with Crippen LogP contribution in [0, 0.1) is 5.82 Å². The van der Waals surface area contributed by atoms with Crippen molar-refractivity contribution in [2.24, 2.45) is 0 Å². The first-order valence-electron chi connectivity index (χ1n) is 10.7. The fourth-order valence-corrected chi connectivity index (χ4v) is 4.16. The molecule has 5 aromatic rings. The van der Waals surface area contributed by atoms with Crippen molar-refractivity contribution >= 4 is 21.9 Å². The van der Waals surface area contributed by atoms with E-state index in [1.54, 1.807) is 47.6 Å². The highest BCUT2D eigenvalue weighted by Gasteiger charge is 2.17. The molecule has 0 spiro atoms. The van der Waals surface area contributed by atoms with Gasteiger partial charge in [0.05, 0.1) is 25.0 Å². The van der Waals surface area contributed by atoms with Crippen molar-refractivity contribution in [3.05, 3.63) is 71.3 Å². The maximum absolute atomic E-state index is 15.1. The van der Waals surface area contributed by atoms with E-state index in [0.717, 1.165) is 23.1 Å². The third-order valence-electron chi connectivity index (χ3n) is 5.95. The summed E-state index contributed by atoms with van der Waals surface area (Å²) >= 11 is 0. The summed E-state index contributed by atoms with van der Waals surface area (Å²) in [6.45, 7) is 5.20. The molecule has 0 amide bonds. The molecule has 33 heavy (non-hydrogen) atoms. The average molecular weight is 443 g/mol. The lowest BCUT2D eigenvalue weighted by Gasteiger charge is -2.14. The maximum atomic E-state index is 15.1. The standard InChI is InChI=1S/C25H22FN5O2/c1-4-30-9-8-16-11-19(22(33-3)12-17(16)25(30)32)18-10-15(6-7-21(18)26)20-13-28-29-24-23(20)27-14-31(24)5-2/h6-14H,4-5H2,1-3H3. The fourth-order valence-electron chi connectivity index (χ4n) is 4.16. The molecule has 0 fully saturated rings. The predicted octanol–water partition coefficient (Wildman–Crippen LogP) is 4.66. The first-order valence-corrected chi connectivity index (χ1v) is 10.7. The van der Waals surface area contributed by atoms with Crippen LogP contribution in [0.5, 0.6) is 5.75 Å². The van der Waals surface area contributed by atoms with E-state index in [9.17, 15) is 4.79 Å². The number of ether oxygens (including phenoxy) is 1. The van der Waals surface area contributed by atoms with Crippen molar-refractivity contribution in [3.63, 3.8) is 0 Å². The molecule has 0 saturated heterocycles. The lowest BCUT2D eigenvalue weighted by atomic mass is 9.96. The second-order valence-electron chi connectivity index (χ2n) is 7.70. The quantitative estimate of drug-likeness (QED) is 0.395. The van der Waals surface area contributed by atoms with Crippen LogP contribution in [-0.4, -0.2) is 31.4 Å². The van der Waals surface area contributed by atoms with Crippen LogP contribution in [0.2, 0.25) is 0 Å². The Bertz CT molecular complexity index is 1570. The summed E-state index contributed by atoms with van der Waals surface area (Å²) in [5.74, 6) is 0.0356. The van der Waals surface area contributed by atoms with Crippen LogP contribution < -0.4 is 10.3 Å². The Hall–Kier alpha value is -4.07. The number of aryl methyl sites for hydroxylation is 2. The fraction of sp³-hybridized carbons (Fsp3) is 0.200. The van der Waals surface area contributed by atoms with Gasteiger partial charge in [-0.2, -0.15) is 5.10 Å². The van der Waals surface area contributed by atoms with Crippen molar-refractivity contribution in [1.82, 2.24) is 24.3 Å². The van der Waals surface area contributed by atoms with Crippen molar-refractivity contribution in [2.45, 2.75) is 26.9 Å². The lowest BCUT2D eigenvalue weighted by molar-refractivity contribution is 0.416. The van der Waals surface area contributed by atoms with Crippen LogP contribution in [0.1, 0.15) is 13.8 Å². The summed E-state index contributed by atoms with van der Waals surface area (Å²) in [4.78, 5) is 17.2. The zero-order valence-electron chi connectivity index (χ0n) is 18.5. The van der Waals surface area contributed by atoms with Crippen LogP contribution >= 0.6 is 0 Å². The van der Waals surface area contributed by atoms with Gasteiger partial charge in [0.25, 0.3) is 5.56 Å². The number of aromatic nitrogens is 5. The van der Waals surface area contributed by atoms with E-state index in [1.807, 2.05) is 24.5 Å². The van der Waals surface area contributed by atoms with Crippen LogP contribution in [0.25, 0.3) is 44.2 Å². The molecule has 3 heterocycles. The van der Waals surface area contributed by atoms with E-state index >= 15 is 4.39 Å². The SMILES string of the molecule is CCn1ccc2cc(-c3cc(-c4cnnc5c4ncn5CC)ccc3F)c(OC)cc2c1=O. The van der Waals surface area contributed by atoms with E-state index in [0.29, 0.717) is 40.0 Å². The van der Waals surface area contributed by atoms with Crippen LogP contribution in [0.4, 0.5) is 4.39 Å². The van der Waals surface area contributed by atoms with E-state index < -0.39 is 5.82 Å². The number of rotatable bonds is 5. The molecule has 166 valence electrons. The summed E-state index contributed by atoms with van der Waals surface area (Å²) < 4.78 is 24.2. The molecular weight excluding hydrogens is 421 g/mol. The highest BCUT2D eigenvalue weighted by Crippen LogP contribution is 2.37. The van der Waals surface area contributed by atoms with Gasteiger partial charge in [0, 0.05) is 36.0 Å². The van der Waals surface area contributed by atoms with Crippen molar-refractivity contribution in [3.8, 4) is 28.0 Å². The average Bonchev–Trinajstić information content (AvgIpc) is 3.27. The van der Waals surface area contributed by atoms with Gasteiger partial charge in [0.15, 0.2) is 5.65 Å². The molecule has 0 bridgehead atoms. The summed E-state index contributed by atoms with van der Waals surface area (Å²) in [6.07, 6.45) is 5.11. The Morgan fingerprint density at radius 1 is 1.00 bits per heavy atom. The smallest absolute Gasteiger partial charge is 0.258 e. The van der Waals surface area contributed by atoms with Gasteiger partial charge in [-0.1, -0.05) is 6.07 Å². The van der Waals surface area contributed by atoms with Gasteiger partial charge in [-0.05, 0) is 55.1 Å². The molecule has 0 unspecified atom stereocenters. The maximum Gasteiger partial charge on any atom is 0.258 e. The molecule has 0 atom stereocenters. The summed E-state index contributed by atoms with van der Waals surface area (Å²) in [7, 11) is 1.52.